The van der Waals surface area contributed by atoms with Gasteiger partial charge in [0.25, 0.3) is 0 Å². The molecular weight excluding hydrogens is 612 g/mol. The first kappa shape index (κ1) is 52.6. The molecule has 0 amide bonds. The van der Waals surface area contributed by atoms with Crippen molar-refractivity contribution >= 4 is 23.9 Å². The topological polar surface area (TPSA) is 128 Å². The van der Waals surface area contributed by atoms with Gasteiger partial charge in [-0.1, -0.05) is 61.3 Å². The van der Waals surface area contributed by atoms with Gasteiger partial charge >= 0.3 is 17.9 Å². The molecule has 0 radical (unpaired) electrons. The molecule has 0 spiro atoms. The zero-order valence-electron chi connectivity index (χ0n) is 34.5. The number of quaternary nitrogens is 2. The molecule has 0 bridgehead atoms. The maximum absolute atomic E-state index is 11.4. The molecule has 0 heterocycles. The second kappa shape index (κ2) is 27.6. The largest absolute Gasteiger partial charge is 0.550 e. The number of unbranched alkanes of at least 4 members (excludes halogenated alkanes) is 1. The van der Waals surface area contributed by atoms with Crippen molar-refractivity contribution < 1.29 is 48.3 Å². The van der Waals surface area contributed by atoms with Crippen LogP contribution in [0.4, 0.5) is 0 Å². The summed E-state index contributed by atoms with van der Waals surface area (Å²) in [4.78, 5) is 47.4. The molecule has 2 N–H and O–H groups in total. The van der Waals surface area contributed by atoms with Gasteiger partial charge < -0.3 is 33.9 Å². The van der Waals surface area contributed by atoms with E-state index in [4.69, 9.17) is 14.2 Å². The first-order chi connectivity index (χ1) is 21.9. The van der Waals surface area contributed by atoms with Gasteiger partial charge in [-0.25, -0.2) is 0 Å². The van der Waals surface area contributed by atoms with Gasteiger partial charge in [-0.05, 0) is 80.1 Å². The van der Waals surface area contributed by atoms with Crippen molar-refractivity contribution in [1.29, 1.82) is 0 Å². The van der Waals surface area contributed by atoms with Crippen LogP contribution in [0, 0.1) is 21.7 Å². The average molecular weight is 692 g/mol. The molecule has 10 heteroatoms. The van der Waals surface area contributed by atoms with Gasteiger partial charge in [-0.15, -0.1) is 0 Å². The molecule has 0 aromatic carbocycles. The smallest absolute Gasteiger partial charge is 0.311 e. The molecule has 0 aromatic rings. The van der Waals surface area contributed by atoms with E-state index < -0.39 is 11.4 Å². The summed E-state index contributed by atoms with van der Waals surface area (Å²) >= 11 is 0. The van der Waals surface area contributed by atoms with E-state index in [2.05, 4.69) is 6.92 Å². The van der Waals surface area contributed by atoms with Crippen molar-refractivity contribution in [3.63, 3.8) is 0 Å². The predicted molar refractivity (Wildman–Crippen MR) is 194 cm³/mol. The molecule has 0 saturated heterocycles. The van der Waals surface area contributed by atoms with Gasteiger partial charge in [-0.2, -0.15) is 0 Å². The van der Waals surface area contributed by atoms with Gasteiger partial charge in [0.15, 0.2) is 0 Å². The third kappa shape index (κ3) is 26.7. The molecule has 0 fully saturated rings. The lowest BCUT2D eigenvalue weighted by Crippen LogP contribution is -3.06. The van der Waals surface area contributed by atoms with Gasteiger partial charge in [0.05, 0.1) is 51.0 Å². The van der Waals surface area contributed by atoms with E-state index in [9.17, 15) is 24.3 Å². The summed E-state index contributed by atoms with van der Waals surface area (Å²) in [6.07, 6.45) is 6.78. The van der Waals surface area contributed by atoms with Crippen LogP contribution >= 0.6 is 0 Å². The number of hydrogen-bond acceptors (Lipinski definition) is 8. The highest BCUT2D eigenvalue weighted by Gasteiger charge is 2.28. The Morgan fingerprint density at radius 3 is 1.02 bits per heavy atom. The summed E-state index contributed by atoms with van der Waals surface area (Å²) < 4.78 is 15.4. The lowest BCUT2D eigenvalue weighted by molar-refractivity contribution is -0.858. The van der Waals surface area contributed by atoms with Crippen molar-refractivity contribution in [1.82, 2.24) is 0 Å². The molecule has 1 unspecified atom stereocenters. The van der Waals surface area contributed by atoms with Crippen LogP contribution in [0.5, 0.6) is 0 Å². The van der Waals surface area contributed by atoms with Crippen molar-refractivity contribution in [2.45, 2.75) is 141 Å². The van der Waals surface area contributed by atoms with E-state index in [1.807, 2.05) is 104 Å². The number of carbonyl (C=O) groups excluding carboxylic acids is 4. The average Bonchev–Trinajstić information content (AvgIpc) is 3.01. The Kier molecular flexibility index (Phi) is 30.3. The molecule has 0 saturated carbocycles. The summed E-state index contributed by atoms with van der Waals surface area (Å²) in [7, 11) is 8.16. The fraction of sp³-hybridized carbons (Fsp3) is 0.895. The Morgan fingerprint density at radius 2 is 0.833 bits per heavy atom. The number of ether oxygens (including phenoxy) is 3. The second-order valence-electron chi connectivity index (χ2n) is 15.3. The third-order valence-corrected chi connectivity index (χ3v) is 8.79. The zero-order valence-corrected chi connectivity index (χ0v) is 34.5. The van der Waals surface area contributed by atoms with Crippen molar-refractivity contribution in [3.05, 3.63) is 0 Å². The fourth-order valence-electron chi connectivity index (χ4n) is 3.00. The molecular formula is C38H79N2O8+. The maximum atomic E-state index is 11.4. The first-order valence-electron chi connectivity index (χ1n) is 18.2. The number of carboxylic acid groups (broad SMARTS) is 1. The Balaban J connectivity index is -0.000000270. The normalized spacial score (nSPS) is 12.6. The highest BCUT2D eigenvalue weighted by molar-refractivity contribution is 5.76. The molecule has 0 aliphatic heterocycles. The van der Waals surface area contributed by atoms with Gasteiger partial charge in [0, 0.05) is 11.4 Å². The molecule has 0 aliphatic rings. The number of aliphatic carboxylic acids is 1. The number of rotatable bonds is 19. The fourth-order valence-corrected chi connectivity index (χ4v) is 3.00. The molecule has 288 valence electrons. The molecule has 0 rings (SSSR count). The minimum Gasteiger partial charge on any atom is -0.550 e. The van der Waals surface area contributed by atoms with Crippen LogP contribution in [-0.2, 0) is 33.4 Å². The van der Waals surface area contributed by atoms with Crippen LogP contribution in [0.15, 0.2) is 0 Å². The lowest BCUT2D eigenvalue weighted by Gasteiger charge is -2.28. The van der Waals surface area contributed by atoms with Gasteiger partial charge in [0.1, 0.15) is 26.3 Å². The number of likely N-dealkylation sites (N-methyl/N-ethyl adjacent to an activating group) is 2. The molecule has 0 aliphatic carbocycles. The first-order valence-corrected chi connectivity index (χ1v) is 18.2. The monoisotopic (exact) mass is 692 g/mol. The summed E-state index contributed by atoms with van der Waals surface area (Å²) in [6, 6.07) is 0. The summed E-state index contributed by atoms with van der Waals surface area (Å²) in [6.45, 7) is 28.5. The van der Waals surface area contributed by atoms with Crippen LogP contribution in [0.25, 0.3) is 0 Å². The van der Waals surface area contributed by atoms with Crippen LogP contribution in [-0.4, -0.2) is 85.0 Å². The van der Waals surface area contributed by atoms with Gasteiger partial charge in [-0.3, -0.25) is 14.4 Å². The third-order valence-electron chi connectivity index (χ3n) is 8.79. The Hall–Kier alpha value is -2.20. The maximum Gasteiger partial charge on any atom is 0.311 e. The number of carbonyl (C=O) groups is 4. The Morgan fingerprint density at radius 1 is 0.521 bits per heavy atom. The van der Waals surface area contributed by atoms with E-state index in [0.29, 0.717) is 32.7 Å². The second-order valence-corrected chi connectivity index (χ2v) is 15.3. The van der Waals surface area contributed by atoms with Crippen LogP contribution in [0.3, 0.4) is 0 Å². The van der Waals surface area contributed by atoms with E-state index in [1.165, 1.54) is 9.80 Å². The number of esters is 3. The Bertz CT molecular complexity index is 831. The Labute approximate surface area is 296 Å². The van der Waals surface area contributed by atoms with E-state index in [-0.39, 0.29) is 34.2 Å². The van der Waals surface area contributed by atoms with Crippen LogP contribution in [0.1, 0.15) is 141 Å². The van der Waals surface area contributed by atoms with E-state index >= 15 is 0 Å². The SMILES string of the molecule is CCC(C)(C)C(=O)OCC[NH+](C)C.CCC(C)(C)C(=O)OCC[NH+](C)C.CCCC(C)(CC)C(=O)[O-].CCCCOC(=O)C(C)(C)CC. The van der Waals surface area contributed by atoms with Crippen molar-refractivity contribution in [2.24, 2.45) is 21.7 Å². The highest BCUT2D eigenvalue weighted by atomic mass is 16.5. The lowest BCUT2D eigenvalue weighted by atomic mass is 9.83. The summed E-state index contributed by atoms with van der Waals surface area (Å²) in [5.74, 6) is -1.16. The highest BCUT2D eigenvalue weighted by Crippen LogP contribution is 2.26. The van der Waals surface area contributed by atoms with Crippen molar-refractivity contribution in [3.8, 4) is 0 Å². The quantitative estimate of drug-likeness (QED) is 0.119. The van der Waals surface area contributed by atoms with Crippen LogP contribution < -0.4 is 14.9 Å². The summed E-state index contributed by atoms with van der Waals surface area (Å²) in [5, 5.41) is 10.5. The number of carboxylic acids is 1. The minimum atomic E-state index is -0.920. The summed E-state index contributed by atoms with van der Waals surface area (Å²) in [5.41, 5.74) is -1.58. The molecule has 1 atom stereocenters. The standard InChI is InChI=1S/2C10H21NO2.C10H20O2.C8H16O2/c2*1-6-10(2,3)9(12)13-8-7-11(4)5;1-5-7-8-12-9(11)10(3,4)6-2;1-4-6-8(3,5-2)7(9)10/h2*6-8H2,1-5H3;5-8H2,1-4H3;4-6H2,1-3H3,(H,9,10)/p+1. The minimum absolute atomic E-state index is 0.0709. The number of nitrogens with one attached hydrogen (secondary N) is 2. The molecule has 0 aromatic heterocycles. The zero-order chi connectivity index (χ0) is 38.8. The predicted octanol–water partition coefficient (Wildman–Crippen LogP) is 3.94. The van der Waals surface area contributed by atoms with Gasteiger partial charge in [0.2, 0.25) is 0 Å². The van der Waals surface area contributed by atoms with Crippen molar-refractivity contribution in [2.75, 3.05) is 61.1 Å². The molecule has 10 nitrogen and oxygen atoms in total. The van der Waals surface area contributed by atoms with E-state index in [0.717, 1.165) is 51.6 Å². The van der Waals surface area contributed by atoms with E-state index in [1.54, 1.807) is 6.92 Å². The molecule has 48 heavy (non-hydrogen) atoms. The number of hydrogen-bond donors (Lipinski definition) is 2. The van der Waals surface area contributed by atoms with Crippen LogP contribution in [0.2, 0.25) is 0 Å².